The molecule has 1 aliphatic heterocycles. The van der Waals surface area contributed by atoms with Crippen LogP contribution >= 0.6 is 0 Å². The summed E-state index contributed by atoms with van der Waals surface area (Å²) >= 11 is 0. The van der Waals surface area contributed by atoms with Crippen LogP contribution in [0.15, 0.2) is 29.3 Å². The molecule has 2 rings (SSSR count). The summed E-state index contributed by atoms with van der Waals surface area (Å²) in [5.41, 5.74) is 1.85. The van der Waals surface area contributed by atoms with Crippen molar-refractivity contribution in [2.75, 3.05) is 46.3 Å². The molecule has 1 amide bonds. The van der Waals surface area contributed by atoms with Crippen LogP contribution in [0.3, 0.4) is 0 Å². The smallest absolute Gasteiger partial charge is 0.251 e. The molecule has 29 heavy (non-hydrogen) atoms. The first-order chi connectivity index (χ1) is 14.2. The highest BCUT2D eigenvalue weighted by molar-refractivity contribution is 5.94. The van der Waals surface area contributed by atoms with Gasteiger partial charge >= 0.3 is 0 Å². The molecule has 1 aromatic rings. The van der Waals surface area contributed by atoms with Crippen molar-refractivity contribution in [3.8, 4) is 0 Å². The Hall–Kier alpha value is -2.08. The van der Waals surface area contributed by atoms with Crippen LogP contribution in [-0.2, 0) is 6.42 Å². The molecule has 0 unspecified atom stereocenters. The number of rotatable bonds is 11. The molecule has 0 saturated carbocycles. The normalized spacial score (nSPS) is 15.2. The first-order valence-electron chi connectivity index (χ1n) is 11.3. The van der Waals surface area contributed by atoms with Gasteiger partial charge in [-0.1, -0.05) is 25.0 Å². The monoisotopic (exact) mass is 401 g/mol. The van der Waals surface area contributed by atoms with Crippen LogP contribution in [0.5, 0.6) is 0 Å². The number of amides is 1. The molecule has 0 aliphatic carbocycles. The van der Waals surface area contributed by atoms with E-state index in [1.807, 2.05) is 18.2 Å². The Balaban J connectivity index is 1.65. The molecule has 6 nitrogen and oxygen atoms in total. The second-order valence-corrected chi connectivity index (χ2v) is 7.68. The van der Waals surface area contributed by atoms with E-state index in [0.29, 0.717) is 5.56 Å². The molecule has 3 N–H and O–H groups in total. The van der Waals surface area contributed by atoms with Crippen LogP contribution in [-0.4, -0.2) is 63.1 Å². The highest BCUT2D eigenvalue weighted by atomic mass is 16.1. The first-order valence-corrected chi connectivity index (χ1v) is 11.3. The Labute approximate surface area is 176 Å². The van der Waals surface area contributed by atoms with Gasteiger partial charge < -0.3 is 20.9 Å². The molecular formula is C23H39N5O. The van der Waals surface area contributed by atoms with Crippen LogP contribution in [0.4, 0.5) is 0 Å². The van der Waals surface area contributed by atoms with Crippen LogP contribution in [0, 0.1) is 0 Å². The number of carbonyl (C=O) groups is 1. The number of benzene rings is 1. The quantitative estimate of drug-likeness (QED) is 0.303. The number of hydrogen-bond donors (Lipinski definition) is 3. The van der Waals surface area contributed by atoms with Crippen molar-refractivity contribution >= 4 is 11.9 Å². The fourth-order valence-electron chi connectivity index (χ4n) is 3.68. The summed E-state index contributed by atoms with van der Waals surface area (Å²) in [5.74, 6) is 0.834. The number of hydrogen-bond acceptors (Lipinski definition) is 3. The zero-order chi connectivity index (χ0) is 20.7. The Kier molecular flexibility index (Phi) is 11.2. The van der Waals surface area contributed by atoms with Crippen molar-refractivity contribution in [3.05, 3.63) is 35.4 Å². The lowest BCUT2D eigenvalue weighted by molar-refractivity contribution is 0.0963. The van der Waals surface area contributed by atoms with Gasteiger partial charge in [0.25, 0.3) is 5.91 Å². The second-order valence-electron chi connectivity index (χ2n) is 7.68. The SMILES string of the molecule is CCNC(=NCCCCCN1CCCCC1)NCCc1cccc(C(=O)NC)c1. The van der Waals surface area contributed by atoms with Gasteiger partial charge in [-0.2, -0.15) is 0 Å². The molecule has 1 aromatic carbocycles. The second kappa shape index (κ2) is 14.0. The highest BCUT2D eigenvalue weighted by Gasteiger charge is 2.08. The molecule has 1 fully saturated rings. The molecule has 0 radical (unpaired) electrons. The van der Waals surface area contributed by atoms with Crippen molar-refractivity contribution in [1.82, 2.24) is 20.9 Å². The number of guanidine groups is 1. The van der Waals surface area contributed by atoms with Gasteiger partial charge in [0.05, 0.1) is 0 Å². The molecule has 162 valence electrons. The summed E-state index contributed by atoms with van der Waals surface area (Å²) in [6.07, 6.45) is 8.66. The summed E-state index contributed by atoms with van der Waals surface area (Å²) in [6.45, 7) is 8.42. The van der Waals surface area contributed by atoms with Crippen LogP contribution in [0.2, 0.25) is 0 Å². The van der Waals surface area contributed by atoms with E-state index in [1.165, 1.54) is 51.7 Å². The topological polar surface area (TPSA) is 68.8 Å². The zero-order valence-corrected chi connectivity index (χ0v) is 18.3. The van der Waals surface area contributed by atoms with Gasteiger partial charge in [0, 0.05) is 32.2 Å². The summed E-state index contributed by atoms with van der Waals surface area (Å²) in [5, 5.41) is 9.39. The van der Waals surface area contributed by atoms with Crippen molar-refractivity contribution in [2.45, 2.75) is 51.9 Å². The Morgan fingerprint density at radius 3 is 2.69 bits per heavy atom. The zero-order valence-electron chi connectivity index (χ0n) is 18.3. The van der Waals surface area contributed by atoms with Gasteiger partial charge in [0.15, 0.2) is 5.96 Å². The number of piperidine rings is 1. The summed E-state index contributed by atoms with van der Waals surface area (Å²) in [4.78, 5) is 19.1. The number of unbranched alkanes of at least 4 members (excludes halogenated alkanes) is 2. The van der Waals surface area contributed by atoms with Crippen molar-refractivity contribution < 1.29 is 4.79 Å². The van der Waals surface area contributed by atoms with Gasteiger partial charge in [-0.3, -0.25) is 9.79 Å². The maximum atomic E-state index is 11.8. The van der Waals surface area contributed by atoms with Crippen LogP contribution < -0.4 is 16.0 Å². The predicted octanol–water partition coefficient (Wildman–Crippen LogP) is 2.80. The van der Waals surface area contributed by atoms with Gasteiger partial charge in [0.2, 0.25) is 0 Å². The number of likely N-dealkylation sites (tertiary alicyclic amines) is 1. The molecule has 0 spiro atoms. The molecule has 0 atom stereocenters. The third-order valence-electron chi connectivity index (χ3n) is 5.32. The van der Waals surface area contributed by atoms with E-state index < -0.39 is 0 Å². The van der Waals surface area contributed by atoms with Crippen molar-refractivity contribution in [2.24, 2.45) is 4.99 Å². The van der Waals surface area contributed by atoms with E-state index >= 15 is 0 Å². The Morgan fingerprint density at radius 1 is 1.10 bits per heavy atom. The standard InChI is InChI=1S/C23H39N5O/c1-3-25-23(26-14-6-4-7-16-28-17-8-5-9-18-28)27-15-13-20-11-10-12-21(19-20)22(29)24-2/h10-12,19H,3-9,13-18H2,1-2H3,(H,24,29)(H2,25,26,27). The Bertz CT molecular complexity index is 625. The fourth-order valence-corrected chi connectivity index (χ4v) is 3.68. The average Bonchev–Trinajstić information content (AvgIpc) is 2.76. The molecule has 1 heterocycles. The summed E-state index contributed by atoms with van der Waals surface area (Å²) < 4.78 is 0. The maximum Gasteiger partial charge on any atom is 0.251 e. The average molecular weight is 402 g/mol. The molecule has 6 heteroatoms. The minimum absolute atomic E-state index is 0.0463. The number of carbonyl (C=O) groups excluding carboxylic acids is 1. The molecular weight excluding hydrogens is 362 g/mol. The van der Waals surface area contributed by atoms with Gasteiger partial charge in [-0.05, 0) is 76.4 Å². The largest absolute Gasteiger partial charge is 0.357 e. The molecule has 0 bridgehead atoms. The van der Waals surface area contributed by atoms with E-state index in [4.69, 9.17) is 4.99 Å². The number of nitrogens with zero attached hydrogens (tertiary/aromatic N) is 2. The van der Waals surface area contributed by atoms with E-state index in [2.05, 4.69) is 33.8 Å². The van der Waals surface area contributed by atoms with E-state index in [-0.39, 0.29) is 5.91 Å². The van der Waals surface area contributed by atoms with Gasteiger partial charge in [-0.15, -0.1) is 0 Å². The van der Waals surface area contributed by atoms with Crippen molar-refractivity contribution in [3.63, 3.8) is 0 Å². The minimum atomic E-state index is -0.0463. The summed E-state index contributed by atoms with van der Waals surface area (Å²) in [7, 11) is 1.66. The lowest BCUT2D eigenvalue weighted by atomic mass is 10.1. The number of aliphatic imine (C=N–C) groups is 1. The first kappa shape index (κ1) is 23.2. The molecule has 1 saturated heterocycles. The van der Waals surface area contributed by atoms with Crippen molar-refractivity contribution in [1.29, 1.82) is 0 Å². The molecule has 0 aromatic heterocycles. The van der Waals surface area contributed by atoms with Gasteiger partial charge in [-0.25, -0.2) is 0 Å². The summed E-state index contributed by atoms with van der Waals surface area (Å²) in [6, 6.07) is 7.78. The number of nitrogens with one attached hydrogen (secondary N) is 3. The van der Waals surface area contributed by atoms with E-state index in [0.717, 1.165) is 44.0 Å². The maximum absolute atomic E-state index is 11.8. The third kappa shape index (κ3) is 9.31. The third-order valence-corrected chi connectivity index (χ3v) is 5.32. The minimum Gasteiger partial charge on any atom is -0.357 e. The Morgan fingerprint density at radius 2 is 1.93 bits per heavy atom. The van der Waals surface area contributed by atoms with Crippen LogP contribution in [0.1, 0.15) is 61.4 Å². The lowest BCUT2D eigenvalue weighted by Gasteiger charge is -2.26. The van der Waals surface area contributed by atoms with E-state index in [9.17, 15) is 4.79 Å². The highest BCUT2D eigenvalue weighted by Crippen LogP contribution is 2.10. The van der Waals surface area contributed by atoms with Gasteiger partial charge in [0.1, 0.15) is 0 Å². The fraction of sp³-hybridized carbons (Fsp3) is 0.652. The van der Waals surface area contributed by atoms with Crippen LogP contribution in [0.25, 0.3) is 0 Å². The van der Waals surface area contributed by atoms with E-state index in [1.54, 1.807) is 7.05 Å². The lowest BCUT2D eigenvalue weighted by Crippen LogP contribution is -2.38. The molecule has 1 aliphatic rings. The predicted molar refractivity (Wildman–Crippen MR) is 122 cm³/mol.